The lowest BCUT2D eigenvalue weighted by Crippen LogP contribution is -2.36. The second kappa shape index (κ2) is 7.84. The summed E-state index contributed by atoms with van der Waals surface area (Å²) in [6, 6.07) is 16.2. The third kappa shape index (κ3) is 4.60. The lowest BCUT2D eigenvalue weighted by molar-refractivity contribution is -0.137. The third-order valence-electron chi connectivity index (χ3n) is 4.50. The molecule has 0 N–H and O–H groups in total. The van der Waals surface area contributed by atoms with E-state index in [0.29, 0.717) is 6.42 Å². The number of alkyl halides is 3. The lowest BCUT2D eigenvalue weighted by atomic mass is 10.00. The molecule has 0 aliphatic rings. The Morgan fingerprint density at radius 1 is 0.958 bits per heavy atom. The van der Waals surface area contributed by atoms with Gasteiger partial charge in [-0.3, -0.25) is 4.90 Å². The van der Waals surface area contributed by atoms with Gasteiger partial charge in [0, 0.05) is 12.1 Å². The van der Waals surface area contributed by atoms with Gasteiger partial charge < -0.3 is 0 Å². The number of likely N-dealkylation sites (N-methyl/N-ethyl adjacent to an activating group) is 1. The van der Waals surface area contributed by atoms with Crippen molar-refractivity contribution in [3.05, 3.63) is 71.3 Å². The van der Waals surface area contributed by atoms with Crippen LogP contribution in [-0.4, -0.2) is 17.5 Å². The van der Waals surface area contributed by atoms with E-state index in [4.69, 9.17) is 0 Å². The molecule has 0 aliphatic carbocycles. The molecule has 4 heteroatoms. The Kier molecular flexibility index (Phi) is 6.05. The molecule has 0 aliphatic heterocycles. The summed E-state index contributed by atoms with van der Waals surface area (Å²) in [4.78, 5) is 2.32. The fourth-order valence-electron chi connectivity index (χ4n) is 3.22. The zero-order valence-corrected chi connectivity index (χ0v) is 14.3. The minimum Gasteiger partial charge on any atom is -0.294 e. The molecule has 130 valence electrons. The van der Waals surface area contributed by atoms with E-state index in [2.05, 4.69) is 37.8 Å². The first-order chi connectivity index (χ1) is 11.3. The van der Waals surface area contributed by atoms with Crippen molar-refractivity contribution in [3.8, 4) is 0 Å². The third-order valence-corrected chi connectivity index (χ3v) is 4.50. The number of rotatable bonds is 6. The van der Waals surface area contributed by atoms with Crippen LogP contribution < -0.4 is 0 Å². The summed E-state index contributed by atoms with van der Waals surface area (Å²) in [6.45, 7) is 7.14. The molecule has 2 aromatic rings. The average molecular weight is 335 g/mol. The van der Waals surface area contributed by atoms with E-state index < -0.39 is 11.7 Å². The fraction of sp³-hybridized carbons (Fsp3) is 0.400. The smallest absolute Gasteiger partial charge is 0.294 e. The van der Waals surface area contributed by atoms with Gasteiger partial charge >= 0.3 is 6.18 Å². The molecule has 1 nitrogen and oxygen atoms in total. The summed E-state index contributed by atoms with van der Waals surface area (Å²) >= 11 is 0. The van der Waals surface area contributed by atoms with Crippen LogP contribution in [-0.2, 0) is 12.6 Å². The molecule has 0 bridgehead atoms. The normalized spacial score (nSPS) is 14.6. The van der Waals surface area contributed by atoms with Gasteiger partial charge in [-0.2, -0.15) is 13.2 Å². The van der Waals surface area contributed by atoms with Crippen molar-refractivity contribution in [3.63, 3.8) is 0 Å². The van der Waals surface area contributed by atoms with Crippen molar-refractivity contribution in [2.45, 2.75) is 45.5 Å². The van der Waals surface area contributed by atoms with Gasteiger partial charge in [-0.1, -0.05) is 55.5 Å². The fourth-order valence-corrected chi connectivity index (χ4v) is 3.22. The number of hydrogen-bond donors (Lipinski definition) is 0. The van der Waals surface area contributed by atoms with Gasteiger partial charge in [0.15, 0.2) is 0 Å². The number of benzene rings is 2. The van der Waals surface area contributed by atoms with Crippen LogP contribution >= 0.6 is 0 Å². The molecule has 24 heavy (non-hydrogen) atoms. The van der Waals surface area contributed by atoms with Gasteiger partial charge in [0.1, 0.15) is 0 Å². The van der Waals surface area contributed by atoms with Crippen LogP contribution in [0, 0.1) is 0 Å². The first-order valence-electron chi connectivity index (χ1n) is 8.29. The molecule has 0 saturated heterocycles. The molecule has 0 radical (unpaired) electrons. The maximum Gasteiger partial charge on any atom is 0.416 e. The first-order valence-corrected chi connectivity index (χ1v) is 8.29. The zero-order valence-electron chi connectivity index (χ0n) is 14.3. The highest BCUT2D eigenvalue weighted by Crippen LogP contribution is 2.30. The Morgan fingerprint density at radius 3 is 2.21 bits per heavy atom. The summed E-state index contributed by atoms with van der Waals surface area (Å²) in [6.07, 6.45) is -3.70. The molecule has 0 fully saturated rings. The SMILES string of the molecule is CCN(C(C)c1ccccc1)[C@@H](C)Cc1cccc(C(F)(F)F)c1. The molecule has 0 heterocycles. The van der Waals surface area contributed by atoms with Crippen LogP contribution in [0.1, 0.15) is 43.5 Å². The summed E-state index contributed by atoms with van der Waals surface area (Å²) < 4.78 is 38.6. The highest BCUT2D eigenvalue weighted by Gasteiger charge is 2.30. The van der Waals surface area contributed by atoms with Crippen LogP contribution in [0.2, 0.25) is 0 Å². The highest BCUT2D eigenvalue weighted by molar-refractivity contribution is 5.26. The Bertz CT molecular complexity index is 637. The van der Waals surface area contributed by atoms with Gasteiger partial charge in [-0.25, -0.2) is 0 Å². The maximum absolute atomic E-state index is 12.9. The van der Waals surface area contributed by atoms with Crippen LogP contribution in [0.4, 0.5) is 13.2 Å². The summed E-state index contributed by atoms with van der Waals surface area (Å²) in [7, 11) is 0. The summed E-state index contributed by atoms with van der Waals surface area (Å²) in [5.74, 6) is 0. The lowest BCUT2D eigenvalue weighted by Gasteiger charge is -2.34. The van der Waals surface area contributed by atoms with E-state index in [1.54, 1.807) is 6.07 Å². The van der Waals surface area contributed by atoms with Crippen LogP contribution in [0.25, 0.3) is 0 Å². The van der Waals surface area contributed by atoms with Crippen molar-refractivity contribution in [1.29, 1.82) is 0 Å². The molecule has 2 rings (SSSR count). The molecular formula is C20H24F3N. The van der Waals surface area contributed by atoms with E-state index in [1.807, 2.05) is 18.2 Å². The van der Waals surface area contributed by atoms with E-state index in [1.165, 1.54) is 17.7 Å². The van der Waals surface area contributed by atoms with Gasteiger partial charge in [-0.15, -0.1) is 0 Å². The quantitative estimate of drug-likeness (QED) is 0.652. The van der Waals surface area contributed by atoms with E-state index in [-0.39, 0.29) is 12.1 Å². The van der Waals surface area contributed by atoms with Crippen LogP contribution in [0.3, 0.4) is 0 Å². The van der Waals surface area contributed by atoms with E-state index in [9.17, 15) is 13.2 Å². The first kappa shape index (κ1) is 18.5. The average Bonchev–Trinajstić information content (AvgIpc) is 2.55. The second-order valence-electron chi connectivity index (χ2n) is 6.17. The molecule has 0 spiro atoms. The van der Waals surface area contributed by atoms with Crippen molar-refractivity contribution in [2.24, 2.45) is 0 Å². The van der Waals surface area contributed by atoms with Gasteiger partial charge in [-0.05, 0) is 44.0 Å². The number of halogens is 3. The van der Waals surface area contributed by atoms with Gasteiger partial charge in [0.25, 0.3) is 0 Å². The monoisotopic (exact) mass is 335 g/mol. The predicted octanol–water partition coefficient (Wildman–Crippen LogP) is 5.72. The van der Waals surface area contributed by atoms with Gasteiger partial charge in [0.2, 0.25) is 0 Å². The minimum atomic E-state index is -4.29. The topological polar surface area (TPSA) is 3.24 Å². The van der Waals surface area contributed by atoms with E-state index >= 15 is 0 Å². The minimum absolute atomic E-state index is 0.147. The number of hydrogen-bond acceptors (Lipinski definition) is 1. The predicted molar refractivity (Wildman–Crippen MR) is 91.8 cm³/mol. The molecule has 0 amide bonds. The summed E-state index contributed by atoms with van der Waals surface area (Å²) in [5, 5.41) is 0. The molecule has 0 aromatic heterocycles. The van der Waals surface area contributed by atoms with Crippen molar-refractivity contribution in [2.75, 3.05) is 6.54 Å². The Morgan fingerprint density at radius 2 is 1.62 bits per heavy atom. The number of nitrogens with zero attached hydrogens (tertiary/aromatic N) is 1. The van der Waals surface area contributed by atoms with Crippen molar-refractivity contribution >= 4 is 0 Å². The molecule has 1 unspecified atom stereocenters. The van der Waals surface area contributed by atoms with E-state index in [0.717, 1.165) is 18.2 Å². The molecule has 2 aromatic carbocycles. The second-order valence-corrected chi connectivity index (χ2v) is 6.17. The highest BCUT2D eigenvalue weighted by atomic mass is 19.4. The van der Waals surface area contributed by atoms with Crippen molar-refractivity contribution < 1.29 is 13.2 Å². The molecular weight excluding hydrogens is 311 g/mol. The largest absolute Gasteiger partial charge is 0.416 e. The molecule has 0 saturated carbocycles. The summed E-state index contributed by atoms with van der Waals surface area (Å²) in [5.41, 5.74) is 1.36. The zero-order chi connectivity index (χ0) is 17.7. The standard InChI is InChI=1S/C20H24F3N/c1-4-24(16(3)18-10-6-5-7-11-18)15(2)13-17-9-8-12-19(14-17)20(21,22)23/h5-12,14-16H,4,13H2,1-3H3/t15-,16?/m0/s1. The molecule has 2 atom stereocenters. The Balaban J connectivity index is 2.14. The Labute approximate surface area is 142 Å². The Hall–Kier alpha value is -1.81. The maximum atomic E-state index is 12.9. The van der Waals surface area contributed by atoms with Crippen LogP contribution in [0.15, 0.2) is 54.6 Å². The van der Waals surface area contributed by atoms with Gasteiger partial charge in [0.05, 0.1) is 5.56 Å². The van der Waals surface area contributed by atoms with Crippen LogP contribution in [0.5, 0.6) is 0 Å². The van der Waals surface area contributed by atoms with Crippen molar-refractivity contribution in [1.82, 2.24) is 4.90 Å².